The molecule has 2 aromatic rings. The number of anilines is 1. The molecule has 1 N–H and O–H groups in total. The summed E-state index contributed by atoms with van der Waals surface area (Å²) in [5, 5.41) is 3.02. The fourth-order valence-electron chi connectivity index (χ4n) is 1.88. The lowest BCUT2D eigenvalue weighted by atomic mass is 10.1. The van der Waals surface area contributed by atoms with Crippen molar-refractivity contribution in [2.45, 2.75) is 19.5 Å². The Morgan fingerprint density at radius 2 is 1.85 bits per heavy atom. The Kier molecular flexibility index (Phi) is 4.27. The van der Waals surface area contributed by atoms with Gasteiger partial charge in [-0.25, -0.2) is 4.98 Å². The average molecular weight is 280 g/mol. The summed E-state index contributed by atoms with van der Waals surface area (Å²) in [6, 6.07) is 10.4. The first-order valence-corrected chi connectivity index (χ1v) is 6.28. The maximum absolute atomic E-state index is 12.4. The minimum absolute atomic E-state index is 0.451. The van der Waals surface area contributed by atoms with Crippen LogP contribution in [0.2, 0.25) is 0 Å². The van der Waals surface area contributed by atoms with Crippen LogP contribution in [-0.4, -0.2) is 11.5 Å². The number of benzene rings is 1. The van der Waals surface area contributed by atoms with Gasteiger partial charge in [0.1, 0.15) is 5.82 Å². The molecular weight excluding hydrogens is 265 g/mol. The molecule has 106 valence electrons. The second kappa shape index (κ2) is 5.94. The molecule has 0 atom stereocenters. The summed E-state index contributed by atoms with van der Waals surface area (Å²) in [6.45, 7) is 2.66. The number of nitrogens with zero attached hydrogens (tertiary/aromatic N) is 1. The minimum atomic E-state index is -4.34. The molecule has 2 rings (SSSR count). The first-order chi connectivity index (χ1) is 9.47. The van der Waals surface area contributed by atoms with Gasteiger partial charge in [-0.05, 0) is 36.6 Å². The molecule has 20 heavy (non-hydrogen) atoms. The van der Waals surface area contributed by atoms with Gasteiger partial charge in [-0.1, -0.05) is 24.3 Å². The molecular formula is C15H15F3N2. The highest BCUT2D eigenvalue weighted by Crippen LogP contribution is 2.28. The standard InChI is InChI=1S/C15H15F3N2/c1-11-4-2-3-5-12(11)8-9-19-14-7-6-13(10-20-14)15(16,17)18/h2-7,10H,8-9H2,1H3,(H,19,20). The Hall–Kier alpha value is -2.04. The van der Waals surface area contributed by atoms with Crippen LogP contribution in [0, 0.1) is 6.92 Å². The molecule has 0 radical (unpaired) electrons. The van der Waals surface area contributed by atoms with Gasteiger partial charge < -0.3 is 5.32 Å². The lowest BCUT2D eigenvalue weighted by Crippen LogP contribution is -2.09. The first-order valence-electron chi connectivity index (χ1n) is 6.28. The molecule has 0 spiro atoms. The molecule has 0 amide bonds. The van der Waals surface area contributed by atoms with Crippen LogP contribution >= 0.6 is 0 Å². The quantitative estimate of drug-likeness (QED) is 0.913. The molecule has 1 aromatic heterocycles. The van der Waals surface area contributed by atoms with Gasteiger partial charge in [0.25, 0.3) is 0 Å². The molecule has 0 saturated carbocycles. The van der Waals surface area contributed by atoms with E-state index in [0.717, 1.165) is 18.7 Å². The van der Waals surface area contributed by atoms with Gasteiger partial charge in [0.15, 0.2) is 0 Å². The van der Waals surface area contributed by atoms with Gasteiger partial charge in [-0.15, -0.1) is 0 Å². The highest BCUT2D eigenvalue weighted by molar-refractivity contribution is 5.36. The van der Waals surface area contributed by atoms with Gasteiger partial charge in [0.2, 0.25) is 0 Å². The Labute approximate surface area is 115 Å². The van der Waals surface area contributed by atoms with Crippen LogP contribution in [0.4, 0.5) is 19.0 Å². The summed E-state index contributed by atoms with van der Waals surface area (Å²) < 4.78 is 37.1. The summed E-state index contributed by atoms with van der Waals surface area (Å²) in [6.07, 6.45) is -2.70. The van der Waals surface area contributed by atoms with Crippen LogP contribution in [0.25, 0.3) is 0 Å². The highest BCUT2D eigenvalue weighted by Gasteiger charge is 2.30. The van der Waals surface area contributed by atoms with Crippen molar-refractivity contribution in [2.75, 3.05) is 11.9 Å². The van der Waals surface area contributed by atoms with E-state index in [2.05, 4.69) is 10.3 Å². The predicted octanol–water partition coefficient (Wildman–Crippen LogP) is 4.06. The summed E-state index contributed by atoms with van der Waals surface area (Å²) in [7, 11) is 0. The number of alkyl halides is 3. The maximum atomic E-state index is 12.4. The Balaban J connectivity index is 1.90. The number of pyridine rings is 1. The fraction of sp³-hybridized carbons (Fsp3) is 0.267. The fourth-order valence-corrected chi connectivity index (χ4v) is 1.88. The molecule has 1 heterocycles. The molecule has 1 aromatic carbocycles. The molecule has 2 nitrogen and oxygen atoms in total. The van der Waals surface area contributed by atoms with Crippen LogP contribution in [0.1, 0.15) is 16.7 Å². The smallest absolute Gasteiger partial charge is 0.370 e. The van der Waals surface area contributed by atoms with Crippen molar-refractivity contribution in [3.05, 3.63) is 59.3 Å². The van der Waals surface area contributed by atoms with Crippen LogP contribution in [0.5, 0.6) is 0 Å². The van der Waals surface area contributed by atoms with Crippen molar-refractivity contribution in [3.63, 3.8) is 0 Å². The summed E-state index contributed by atoms with van der Waals surface area (Å²) in [5.41, 5.74) is 1.68. The number of aryl methyl sites for hydroxylation is 1. The van der Waals surface area contributed by atoms with Gasteiger partial charge in [0.05, 0.1) is 5.56 Å². The van der Waals surface area contributed by atoms with Gasteiger partial charge in [0, 0.05) is 12.7 Å². The third-order valence-corrected chi connectivity index (χ3v) is 3.05. The van der Waals surface area contributed by atoms with Crippen molar-refractivity contribution in [3.8, 4) is 0 Å². The van der Waals surface area contributed by atoms with E-state index in [4.69, 9.17) is 0 Å². The second-order valence-electron chi connectivity index (χ2n) is 4.53. The Morgan fingerprint density at radius 3 is 2.45 bits per heavy atom. The number of hydrogen-bond acceptors (Lipinski definition) is 2. The van der Waals surface area contributed by atoms with E-state index in [1.807, 2.05) is 31.2 Å². The number of nitrogens with one attached hydrogen (secondary N) is 1. The monoisotopic (exact) mass is 280 g/mol. The molecule has 0 bridgehead atoms. The third kappa shape index (κ3) is 3.73. The van der Waals surface area contributed by atoms with E-state index in [0.29, 0.717) is 12.4 Å². The SMILES string of the molecule is Cc1ccccc1CCNc1ccc(C(F)(F)F)cn1. The minimum Gasteiger partial charge on any atom is -0.370 e. The zero-order valence-electron chi connectivity index (χ0n) is 11.0. The van der Waals surface area contributed by atoms with Crippen molar-refractivity contribution in [1.29, 1.82) is 0 Å². The summed E-state index contributed by atoms with van der Waals surface area (Å²) in [4.78, 5) is 3.77. The number of hydrogen-bond donors (Lipinski definition) is 1. The topological polar surface area (TPSA) is 24.9 Å². The number of halogens is 3. The van der Waals surface area contributed by atoms with E-state index >= 15 is 0 Å². The van der Waals surface area contributed by atoms with Gasteiger partial charge >= 0.3 is 6.18 Å². The summed E-state index contributed by atoms with van der Waals surface area (Å²) in [5.74, 6) is 0.451. The molecule has 0 aliphatic heterocycles. The van der Waals surface area contributed by atoms with Crippen molar-refractivity contribution < 1.29 is 13.2 Å². The van der Waals surface area contributed by atoms with Crippen LogP contribution < -0.4 is 5.32 Å². The first kappa shape index (κ1) is 14.4. The van der Waals surface area contributed by atoms with E-state index in [9.17, 15) is 13.2 Å². The lowest BCUT2D eigenvalue weighted by Gasteiger charge is -2.09. The molecule has 0 aliphatic carbocycles. The van der Waals surface area contributed by atoms with Gasteiger partial charge in [-0.3, -0.25) is 0 Å². The molecule has 0 unspecified atom stereocenters. The zero-order chi connectivity index (χ0) is 14.6. The van der Waals surface area contributed by atoms with Crippen LogP contribution in [-0.2, 0) is 12.6 Å². The van der Waals surface area contributed by atoms with E-state index in [1.54, 1.807) is 0 Å². The zero-order valence-corrected chi connectivity index (χ0v) is 11.0. The molecule has 5 heteroatoms. The average Bonchev–Trinajstić information content (AvgIpc) is 2.40. The van der Waals surface area contributed by atoms with Crippen LogP contribution in [0.15, 0.2) is 42.6 Å². The van der Waals surface area contributed by atoms with Gasteiger partial charge in [-0.2, -0.15) is 13.2 Å². The van der Waals surface area contributed by atoms with E-state index < -0.39 is 11.7 Å². The third-order valence-electron chi connectivity index (χ3n) is 3.05. The molecule has 0 fully saturated rings. The van der Waals surface area contributed by atoms with Crippen LogP contribution in [0.3, 0.4) is 0 Å². The number of aromatic nitrogens is 1. The largest absolute Gasteiger partial charge is 0.417 e. The lowest BCUT2D eigenvalue weighted by molar-refractivity contribution is -0.137. The normalized spacial score (nSPS) is 11.4. The van der Waals surface area contributed by atoms with E-state index in [-0.39, 0.29) is 0 Å². The van der Waals surface area contributed by atoms with E-state index in [1.165, 1.54) is 17.2 Å². The second-order valence-corrected chi connectivity index (χ2v) is 4.53. The Morgan fingerprint density at radius 1 is 1.10 bits per heavy atom. The highest BCUT2D eigenvalue weighted by atomic mass is 19.4. The Bertz CT molecular complexity index is 562. The summed E-state index contributed by atoms with van der Waals surface area (Å²) >= 11 is 0. The molecule has 0 saturated heterocycles. The van der Waals surface area contributed by atoms with Crippen molar-refractivity contribution in [2.24, 2.45) is 0 Å². The maximum Gasteiger partial charge on any atom is 0.417 e. The van der Waals surface area contributed by atoms with Crippen molar-refractivity contribution >= 4 is 5.82 Å². The van der Waals surface area contributed by atoms with Crippen molar-refractivity contribution in [1.82, 2.24) is 4.98 Å². The predicted molar refractivity (Wildman–Crippen MR) is 72.6 cm³/mol. The molecule has 0 aliphatic rings. The number of rotatable bonds is 4.